The van der Waals surface area contributed by atoms with Gasteiger partial charge >= 0.3 is 12.1 Å². The van der Waals surface area contributed by atoms with E-state index in [0.29, 0.717) is 44.2 Å². The molecule has 3 aromatic rings. The Kier molecular flexibility index (Phi) is 9.77. The Balaban J connectivity index is 1.12. The molecule has 5 heterocycles. The van der Waals surface area contributed by atoms with Gasteiger partial charge in [-0.2, -0.15) is 5.10 Å². The van der Waals surface area contributed by atoms with Gasteiger partial charge < -0.3 is 29.4 Å². The highest BCUT2D eigenvalue weighted by Gasteiger charge is 2.52. The van der Waals surface area contributed by atoms with E-state index in [9.17, 15) is 14.4 Å². The lowest BCUT2D eigenvalue weighted by Crippen LogP contribution is -2.69. The molecule has 3 saturated heterocycles. The minimum Gasteiger partial charge on any atom is -0.497 e. The number of rotatable bonds is 8. The van der Waals surface area contributed by atoms with Gasteiger partial charge in [0.25, 0.3) is 0 Å². The summed E-state index contributed by atoms with van der Waals surface area (Å²) in [6, 6.07) is 11.3. The number of aromatic amines is 1. The van der Waals surface area contributed by atoms with Gasteiger partial charge in [-0.1, -0.05) is 6.07 Å². The number of carbonyl (C=O) groups excluding carboxylic acids is 3. The summed E-state index contributed by atoms with van der Waals surface area (Å²) in [5.74, 6) is 2.11. The molecule has 262 valence electrons. The molecular formula is C37H49N7O5. The third-order valence-electron chi connectivity index (χ3n) is 11.7. The maximum absolute atomic E-state index is 14.1. The lowest BCUT2D eigenvalue weighted by molar-refractivity contribution is -0.129. The molecule has 0 radical (unpaired) electrons. The molecule has 3 fully saturated rings. The molecule has 7 rings (SSSR count). The third-order valence-corrected chi connectivity index (χ3v) is 11.7. The summed E-state index contributed by atoms with van der Waals surface area (Å²) >= 11 is 0. The van der Waals surface area contributed by atoms with E-state index < -0.39 is 11.8 Å². The number of methoxy groups -OCH3 is 1. The number of hydrogen-bond acceptors (Lipinski definition) is 8. The quantitative estimate of drug-likeness (QED) is 0.317. The van der Waals surface area contributed by atoms with Crippen LogP contribution in [-0.4, -0.2) is 113 Å². The second kappa shape index (κ2) is 14.4. The zero-order chi connectivity index (χ0) is 34.0. The number of piperidine rings is 3. The molecule has 2 atom stereocenters. The number of hydrogen-bond donors (Lipinski definition) is 2. The Hall–Kier alpha value is -4.16. The maximum atomic E-state index is 14.1. The van der Waals surface area contributed by atoms with Crippen molar-refractivity contribution >= 4 is 35.0 Å². The van der Waals surface area contributed by atoms with E-state index in [-0.39, 0.29) is 25.1 Å². The Labute approximate surface area is 288 Å². The van der Waals surface area contributed by atoms with Crippen LogP contribution in [0.4, 0.5) is 15.3 Å². The second-order valence-electron chi connectivity index (χ2n) is 14.4. The van der Waals surface area contributed by atoms with Crippen molar-refractivity contribution in [1.29, 1.82) is 0 Å². The number of ether oxygens (including phenoxy) is 2. The van der Waals surface area contributed by atoms with Gasteiger partial charge in [-0.05, 0) is 112 Å². The largest absolute Gasteiger partial charge is 0.497 e. The molecule has 0 aliphatic carbocycles. The topological polar surface area (TPSA) is 123 Å². The van der Waals surface area contributed by atoms with Crippen LogP contribution in [0.25, 0.3) is 10.9 Å². The number of amides is 3. The minimum atomic E-state index is -0.892. The molecule has 12 nitrogen and oxygen atoms in total. The third kappa shape index (κ3) is 6.85. The van der Waals surface area contributed by atoms with Crippen molar-refractivity contribution < 1.29 is 23.9 Å². The first kappa shape index (κ1) is 33.3. The predicted molar refractivity (Wildman–Crippen MR) is 186 cm³/mol. The number of benzene rings is 2. The molecule has 0 spiro atoms. The molecule has 0 bridgehead atoms. The Morgan fingerprint density at radius 1 is 1.00 bits per heavy atom. The van der Waals surface area contributed by atoms with Gasteiger partial charge in [-0.25, -0.2) is 9.59 Å². The van der Waals surface area contributed by atoms with E-state index in [2.05, 4.69) is 32.4 Å². The van der Waals surface area contributed by atoms with Gasteiger partial charge in [0.1, 0.15) is 24.3 Å². The molecule has 4 aliphatic heterocycles. The van der Waals surface area contributed by atoms with Crippen LogP contribution in [0.1, 0.15) is 56.1 Å². The molecule has 49 heavy (non-hydrogen) atoms. The average molecular weight is 672 g/mol. The summed E-state index contributed by atoms with van der Waals surface area (Å²) in [5, 5.41) is 11.1. The number of fused-ring (bicyclic) bond motifs is 2. The van der Waals surface area contributed by atoms with E-state index in [1.165, 1.54) is 12.8 Å². The van der Waals surface area contributed by atoms with Gasteiger partial charge in [0, 0.05) is 56.1 Å². The molecular weight excluding hydrogens is 622 g/mol. The van der Waals surface area contributed by atoms with Crippen molar-refractivity contribution in [3.05, 3.63) is 53.7 Å². The molecule has 0 saturated carbocycles. The smallest absolute Gasteiger partial charge is 0.411 e. The molecule has 2 aromatic carbocycles. The van der Waals surface area contributed by atoms with Crippen LogP contribution in [0.2, 0.25) is 0 Å². The maximum Gasteiger partial charge on any atom is 0.411 e. The van der Waals surface area contributed by atoms with Crippen molar-refractivity contribution in [3.8, 4) is 5.75 Å². The normalized spacial score (nSPS) is 24.7. The summed E-state index contributed by atoms with van der Waals surface area (Å²) in [6.45, 7) is 4.93. The van der Waals surface area contributed by atoms with E-state index >= 15 is 0 Å². The second-order valence-corrected chi connectivity index (χ2v) is 14.4. The number of aromatic nitrogens is 2. The zero-order valence-electron chi connectivity index (χ0n) is 28.7. The molecule has 2 N–H and O–H groups in total. The number of urea groups is 1. The van der Waals surface area contributed by atoms with Gasteiger partial charge in [0.05, 0.1) is 18.8 Å². The van der Waals surface area contributed by atoms with Crippen LogP contribution < -0.4 is 10.1 Å². The average Bonchev–Trinajstić information content (AvgIpc) is 3.53. The van der Waals surface area contributed by atoms with E-state index in [0.717, 1.165) is 78.8 Å². The van der Waals surface area contributed by atoms with Crippen LogP contribution in [0.15, 0.2) is 42.6 Å². The predicted octanol–water partition coefficient (Wildman–Crippen LogP) is 5.10. The molecule has 0 unspecified atom stereocenters. The van der Waals surface area contributed by atoms with Crippen molar-refractivity contribution in [3.63, 3.8) is 0 Å². The van der Waals surface area contributed by atoms with Gasteiger partial charge in [-0.15, -0.1) is 0 Å². The van der Waals surface area contributed by atoms with Crippen molar-refractivity contribution in [2.45, 2.75) is 69.7 Å². The van der Waals surface area contributed by atoms with E-state index in [1.807, 2.05) is 41.3 Å². The standard InChI is InChI=1S/C37H49N7O5/c1-41-14-7-27(8-15-41)28-9-16-42(17-10-28)37(13-20-45)23-31(43-18-11-29-22-32(48-2)4-6-33(29)39-35(43)46)12-19-44(37)36(47)49-25-26-3-5-34-30(21-26)24-38-40-34/h3-6,20-22,24,27-28,31H,7-19,23,25H2,1-2H3,(H,38,40)(H,39,46)/t31-,37+/m1/s1. The van der Waals surface area contributed by atoms with Crippen molar-refractivity contribution in [2.24, 2.45) is 11.8 Å². The summed E-state index contributed by atoms with van der Waals surface area (Å²) < 4.78 is 11.4. The number of anilines is 1. The van der Waals surface area contributed by atoms with Crippen LogP contribution in [0, 0.1) is 11.8 Å². The van der Waals surface area contributed by atoms with Gasteiger partial charge in [0.15, 0.2) is 0 Å². The highest BCUT2D eigenvalue weighted by Crippen LogP contribution is 2.42. The van der Waals surface area contributed by atoms with E-state index in [1.54, 1.807) is 18.2 Å². The number of carbonyl (C=O) groups is 3. The Morgan fingerprint density at radius 3 is 2.53 bits per heavy atom. The number of likely N-dealkylation sites (tertiary alicyclic amines) is 3. The molecule has 4 aliphatic rings. The van der Waals surface area contributed by atoms with Crippen LogP contribution in [-0.2, 0) is 22.6 Å². The highest BCUT2D eigenvalue weighted by molar-refractivity contribution is 5.91. The highest BCUT2D eigenvalue weighted by atomic mass is 16.6. The number of nitrogens with one attached hydrogen (secondary N) is 2. The SMILES string of the molecule is COc1ccc2c(c1)CCN([C@@H]1CCN(C(=O)OCc3ccc4[nH]ncc4c3)[C@](CC=O)(N3CCC(C4CCN(C)CC4)CC3)C1)C(=O)N2. The number of aldehydes is 1. The van der Waals surface area contributed by atoms with E-state index in [4.69, 9.17) is 9.47 Å². The molecule has 1 aromatic heterocycles. The first-order valence-electron chi connectivity index (χ1n) is 17.8. The minimum absolute atomic E-state index is 0.117. The zero-order valence-corrected chi connectivity index (χ0v) is 28.7. The van der Waals surface area contributed by atoms with Gasteiger partial charge in [-0.3, -0.25) is 14.9 Å². The monoisotopic (exact) mass is 671 g/mol. The van der Waals surface area contributed by atoms with Crippen LogP contribution >= 0.6 is 0 Å². The summed E-state index contributed by atoms with van der Waals surface area (Å²) in [5.41, 5.74) is 2.72. The molecule has 3 amide bonds. The summed E-state index contributed by atoms with van der Waals surface area (Å²) in [6.07, 6.45) is 8.71. The lowest BCUT2D eigenvalue weighted by Gasteiger charge is -2.57. The van der Waals surface area contributed by atoms with Crippen molar-refractivity contribution in [1.82, 2.24) is 29.8 Å². The summed E-state index contributed by atoms with van der Waals surface area (Å²) in [4.78, 5) is 49.0. The van der Waals surface area contributed by atoms with Gasteiger partial charge in [0.2, 0.25) is 0 Å². The number of nitrogens with zero attached hydrogens (tertiary/aromatic N) is 5. The first-order chi connectivity index (χ1) is 23.9. The molecule has 12 heteroatoms. The lowest BCUT2D eigenvalue weighted by atomic mass is 9.77. The fourth-order valence-electron chi connectivity index (χ4n) is 8.85. The Bertz CT molecular complexity index is 1650. The van der Waals surface area contributed by atoms with Crippen LogP contribution in [0.5, 0.6) is 5.75 Å². The number of H-pyrrole nitrogens is 1. The fraction of sp³-hybridized carbons (Fsp3) is 0.568. The Morgan fingerprint density at radius 2 is 1.78 bits per heavy atom. The first-order valence-corrected chi connectivity index (χ1v) is 17.8. The fourth-order valence-corrected chi connectivity index (χ4v) is 8.85. The van der Waals surface area contributed by atoms with Crippen LogP contribution in [0.3, 0.4) is 0 Å². The summed E-state index contributed by atoms with van der Waals surface area (Å²) in [7, 11) is 3.84. The van der Waals surface area contributed by atoms with Crippen molar-refractivity contribution in [2.75, 3.05) is 58.7 Å².